The summed E-state index contributed by atoms with van der Waals surface area (Å²) < 4.78 is 26.8. The van der Waals surface area contributed by atoms with Crippen LogP contribution in [0.3, 0.4) is 0 Å². The minimum atomic E-state index is -3.72. The van der Waals surface area contributed by atoms with Crippen LogP contribution >= 0.6 is 11.3 Å². The van der Waals surface area contributed by atoms with Crippen molar-refractivity contribution in [3.05, 3.63) is 77.0 Å². The second kappa shape index (κ2) is 7.08. The van der Waals surface area contributed by atoms with E-state index in [4.69, 9.17) is 0 Å². The van der Waals surface area contributed by atoms with E-state index in [9.17, 15) is 13.2 Å². The number of hydrogen-bond donors (Lipinski definition) is 1. The van der Waals surface area contributed by atoms with Crippen molar-refractivity contribution in [1.82, 2.24) is 0 Å². The highest BCUT2D eigenvalue weighted by Gasteiger charge is 2.21. The first-order valence-corrected chi connectivity index (χ1v) is 9.79. The van der Waals surface area contributed by atoms with Crippen molar-refractivity contribution in [2.45, 2.75) is 4.90 Å². The van der Waals surface area contributed by atoms with Crippen LogP contribution in [0.5, 0.6) is 0 Å². The maximum atomic E-state index is 12.8. The van der Waals surface area contributed by atoms with Gasteiger partial charge in [0.05, 0.1) is 15.5 Å². The molecule has 3 rings (SSSR count). The molecule has 2 aromatic carbocycles. The van der Waals surface area contributed by atoms with Crippen molar-refractivity contribution < 1.29 is 13.2 Å². The molecular weight excluding hydrogens is 356 g/mol. The molecule has 5 nitrogen and oxygen atoms in total. The fourth-order valence-corrected chi connectivity index (χ4v) is 4.13. The molecule has 0 atom stereocenters. The lowest BCUT2D eigenvalue weighted by molar-refractivity contribution is 0.103. The Kier molecular flexibility index (Phi) is 4.87. The molecule has 0 spiro atoms. The van der Waals surface area contributed by atoms with Gasteiger partial charge < -0.3 is 5.32 Å². The van der Waals surface area contributed by atoms with Gasteiger partial charge in [-0.05, 0) is 41.8 Å². The number of sulfonamides is 1. The van der Waals surface area contributed by atoms with Gasteiger partial charge in [0.1, 0.15) is 0 Å². The van der Waals surface area contributed by atoms with E-state index >= 15 is 0 Å². The van der Waals surface area contributed by atoms with Crippen LogP contribution in [0.25, 0.3) is 0 Å². The van der Waals surface area contributed by atoms with Crippen LogP contribution in [-0.2, 0) is 10.0 Å². The number of benzene rings is 2. The van der Waals surface area contributed by atoms with Crippen molar-refractivity contribution in [2.24, 2.45) is 0 Å². The van der Waals surface area contributed by atoms with Crippen LogP contribution in [-0.4, -0.2) is 21.4 Å². The molecule has 1 heterocycles. The SMILES string of the molecule is CN(c1ccccc1)S(=O)(=O)c1cccc(NC(=O)c2cccs2)c1. The van der Waals surface area contributed by atoms with Gasteiger partial charge in [-0.25, -0.2) is 8.42 Å². The number of hydrogen-bond acceptors (Lipinski definition) is 4. The number of para-hydroxylation sites is 1. The van der Waals surface area contributed by atoms with Gasteiger partial charge in [0.25, 0.3) is 15.9 Å². The van der Waals surface area contributed by atoms with E-state index in [1.54, 1.807) is 48.5 Å². The van der Waals surface area contributed by atoms with Gasteiger partial charge in [-0.15, -0.1) is 11.3 Å². The highest BCUT2D eigenvalue weighted by Crippen LogP contribution is 2.24. The van der Waals surface area contributed by atoms with Gasteiger partial charge in [0.2, 0.25) is 0 Å². The number of amides is 1. The Morgan fingerprint density at radius 2 is 1.76 bits per heavy atom. The Bertz CT molecular complexity index is 969. The van der Waals surface area contributed by atoms with Crippen molar-refractivity contribution in [3.8, 4) is 0 Å². The quantitative estimate of drug-likeness (QED) is 0.740. The highest BCUT2D eigenvalue weighted by molar-refractivity contribution is 7.92. The zero-order valence-electron chi connectivity index (χ0n) is 13.4. The number of nitrogens with zero attached hydrogens (tertiary/aromatic N) is 1. The lowest BCUT2D eigenvalue weighted by Crippen LogP contribution is -2.26. The molecule has 0 aliphatic heterocycles. The average molecular weight is 372 g/mol. The lowest BCUT2D eigenvalue weighted by atomic mass is 10.3. The van der Waals surface area contributed by atoms with Crippen molar-refractivity contribution >= 4 is 38.6 Å². The molecule has 0 saturated heterocycles. The van der Waals surface area contributed by atoms with Gasteiger partial charge in [0.15, 0.2) is 0 Å². The first-order chi connectivity index (χ1) is 12.0. The van der Waals surface area contributed by atoms with Crippen molar-refractivity contribution in [1.29, 1.82) is 0 Å². The number of carbonyl (C=O) groups is 1. The summed E-state index contributed by atoms with van der Waals surface area (Å²) in [5.41, 5.74) is 0.997. The number of anilines is 2. The monoisotopic (exact) mass is 372 g/mol. The Hall–Kier alpha value is -2.64. The van der Waals surface area contributed by atoms with Gasteiger partial charge in [-0.2, -0.15) is 0 Å². The summed E-state index contributed by atoms with van der Waals surface area (Å²) in [6.45, 7) is 0. The summed E-state index contributed by atoms with van der Waals surface area (Å²) in [6, 6.07) is 18.6. The first kappa shape index (κ1) is 17.2. The van der Waals surface area contributed by atoms with Gasteiger partial charge in [0, 0.05) is 12.7 Å². The molecule has 0 unspecified atom stereocenters. The third-order valence-corrected chi connectivity index (χ3v) is 6.27. The van der Waals surface area contributed by atoms with Crippen molar-refractivity contribution in [3.63, 3.8) is 0 Å². The van der Waals surface area contributed by atoms with Crippen LogP contribution in [0.2, 0.25) is 0 Å². The molecule has 3 aromatic rings. The summed E-state index contributed by atoms with van der Waals surface area (Å²) in [4.78, 5) is 12.8. The largest absolute Gasteiger partial charge is 0.321 e. The summed E-state index contributed by atoms with van der Waals surface area (Å²) in [5, 5.41) is 4.53. The van der Waals surface area contributed by atoms with E-state index in [1.807, 2.05) is 11.4 Å². The number of nitrogens with one attached hydrogen (secondary N) is 1. The summed E-state index contributed by atoms with van der Waals surface area (Å²) in [6.07, 6.45) is 0. The molecule has 0 fully saturated rings. The second-order valence-electron chi connectivity index (χ2n) is 5.27. The molecule has 128 valence electrons. The van der Waals surface area contributed by atoms with Crippen LogP contribution in [0, 0.1) is 0 Å². The third-order valence-electron chi connectivity index (χ3n) is 3.62. The molecule has 7 heteroatoms. The molecule has 25 heavy (non-hydrogen) atoms. The van der Waals surface area contributed by atoms with E-state index in [0.29, 0.717) is 16.3 Å². The summed E-state index contributed by atoms with van der Waals surface area (Å²) >= 11 is 1.32. The smallest absolute Gasteiger partial charge is 0.265 e. The molecule has 0 bridgehead atoms. The molecule has 0 saturated carbocycles. The van der Waals surface area contributed by atoms with Crippen molar-refractivity contribution in [2.75, 3.05) is 16.7 Å². The number of carbonyl (C=O) groups excluding carboxylic acids is 1. The third kappa shape index (κ3) is 3.72. The van der Waals surface area contributed by atoms with E-state index in [2.05, 4.69) is 5.32 Å². The van der Waals surface area contributed by atoms with Crippen LogP contribution < -0.4 is 9.62 Å². The van der Waals surface area contributed by atoms with Gasteiger partial charge >= 0.3 is 0 Å². The van der Waals surface area contributed by atoms with E-state index in [-0.39, 0.29) is 10.8 Å². The van der Waals surface area contributed by atoms with Crippen LogP contribution in [0.4, 0.5) is 11.4 Å². The molecule has 1 amide bonds. The lowest BCUT2D eigenvalue weighted by Gasteiger charge is -2.19. The first-order valence-electron chi connectivity index (χ1n) is 7.47. The van der Waals surface area contributed by atoms with Crippen LogP contribution in [0.15, 0.2) is 77.0 Å². The summed E-state index contributed by atoms with van der Waals surface area (Å²) in [5.74, 6) is -0.263. The van der Waals surface area contributed by atoms with Gasteiger partial charge in [-0.3, -0.25) is 9.10 Å². The topological polar surface area (TPSA) is 66.5 Å². The fraction of sp³-hybridized carbons (Fsp3) is 0.0556. The minimum Gasteiger partial charge on any atom is -0.321 e. The number of rotatable bonds is 5. The Balaban J connectivity index is 1.86. The molecule has 1 aromatic heterocycles. The molecule has 0 radical (unpaired) electrons. The maximum absolute atomic E-state index is 12.8. The van der Waals surface area contributed by atoms with E-state index in [1.165, 1.54) is 34.8 Å². The standard InChI is InChI=1S/C18H16N2O3S2/c1-20(15-8-3-2-4-9-15)25(22,23)16-10-5-7-14(13-16)19-18(21)17-11-6-12-24-17/h2-13H,1H3,(H,19,21). The highest BCUT2D eigenvalue weighted by atomic mass is 32.2. The molecular formula is C18H16N2O3S2. The Labute approximate surface area is 150 Å². The predicted octanol–water partition coefficient (Wildman–Crippen LogP) is 3.83. The predicted molar refractivity (Wildman–Crippen MR) is 101 cm³/mol. The zero-order chi connectivity index (χ0) is 17.9. The average Bonchev–Trinajstić information content (AvgIpc) is 3.17. The number of thiophene rings is 1. The Morgan fingerprint density at radius 3 is 2.44 bits per heavy atom. The molecule has 0 aliphatic rings. The van der Waals surface area contributed by atoms with Gasteiger partial charge in [-0.1, -0.05) is 30.3 Å². The minimum absolute atomic E-state index is 0.114. The maximum Gasteiger partial charge on any atom is 0.265 e. The van der Waals surface area contributed by atoms with Crippen LogP contribution in [0.1, 0.15) is 9.67 Å². The zero-order valence-corrected chi connectivity index (χ0v) is 15.0. The van der Waals surface area contributed by atoms with E-state index in [0.717, 1.165) is 0 Å². The molecule has 1 N–H and O–H groups in total. The summed E-state index contributed by atoms with van der Waals surface area (Å²) in [7, 11) is -2.22. The fourth-order valence-electron chi connectivity index (χ4n) is 2.27. The molecule has 0 aliphatic carbocycles. The Morgan fingerprint density at radius 1 is 1.00 bits per heavy atom. The second-order valence-corrected chi connectivity index (χ2v) is 8.18. The van der Waals surface area contributed by atoms with E-state index < -0.39 is 10.0 Å². The normalized spacial score (nSPS) is 11.1.